The van der Waals surface area contributed by atoms with Crippen molar-refractivity contribution in [3.8, 4) is 0 Å². The highest BCUT2D eigenvalue weighted by molar-refractivity contribution is 14.0. The van der Waals surface area contributed by atoms with Gasteiger partial charge in [0.15, 0.2) is 5.96 Å². The summed E-state index contributed by atoms with van der Waals surface area (Å²) in [5.74, 6) is 0.739. The molecule has 0 amide bonds. The van der Waals surface area contributed by atoms with Gasteiger partial charge in [0.25, 0.3) is 0 Å². The molecule has 4 nitrogen and oxygen atoms in total. The highest BCUT2D eigenvalue weighted by Crippen LogP contribution is 2.04. The molecular weight excluding hydrogens is 341 g/mol. The fourth-order valence-corrected chi connectivity index (χ4v) is 1.50. The molecule has 18 heavy (non-hydrogen) atoms. The molecule has 0 aliphatic carbocycles. The maximum Gasteiger partial charge on any atom is 0.191 e. The third-order valence-corrected chi connectivity index (χ3v) is 2.25. The predicted molar refractivity (Wildman–Crippen MR) is 86.5 cm³/mol. The summed E-state index contributed by atoms with van der Waals surface area (Å²) in [5.41, 5.74) is 2.43. The quantitative estimate of drug-likeness (QED) is 0.424. The van der Waals surface area contributed by atoms with Crippen LogP contribution in [0.3, 0.4) is 0 Å². The van der Waals surface area contributed by atoms with Gasteiger partial charge in [-0.25, -0.2) is 4.99 Å². The molecule has 0 aliphatic rings. The van der Waals surface area contributed by atoms with Crippen LogP contribution in [0.1, 0.15) is 18.1 Å². The molecule has 0 aromatic heterocycles. The van der Waals surface area contributed by atoms with Crippen LogP contribution < -0.4 is 10.6 Å². The van der Waals surface area contributed by atoms with Gasteiger partial charge in [0.2, 0.25) is 0 Å². The van der Waals surface area contributed by atoms with Gasteiger partial charge in [-0.05, 0) is 19.4 Å². The van der Waals surface area contributed by atoms with Crippen LogP contribution in [0.15, 0.2) is 29.3 Å². The van der Waals surface area contributed by atoms with Crippen molar-refractivity contribution in [1.29, 1.82) is 0 Å². The number of nitrogens with zero attached hydrogens (tertiary/aromatic N) is 1. The summed E-state index contributed by atoms with van der Waals surface area (Å²) in [6.07, 6.45) is 0. The first kappa shape index (κ1) is 17.2. The number of aliphatic hydroxyl groups excluding tert-OH is 1. The smallest absolute Gasteiger partial charge is 0.191 e. The third kappa shape index (κ3) is 6.80. The van der Waals surface area contributed by atoms with Crippen LogP contribution in [0.2, 0.25) is 0 Å². The van der Waals surface area contributed by atoms with Crippen LogP contribution in [0.25, 0.3) is 0 Å². The Kier molecular flexibility index (Phi) is 9.67. The van der Waals surface area contributed by atoms with Crippen LogP contribution in [-0.2, 0) is 6.54 Å². The second-order valence-electron chi connectivity index (χ2n) is 3.83. The summed E-state index contributed by atoms with van der Waals surface area (Å²) >= 11 is 0. The van der Waals surface area contributed by atoms with E-state index in [-0.39, 0.29) is 30.6 Å². The largest absolute Gasteiger partial charge is 0.395 e. The molecule has 0 heterocycles. The van der Waals surface area contributed by atoms with Crippen molar-refractivity contribution in [2.45, 2.75) is 20.4 Å². The number of aliphatic hydroxyl groups is 1. The second-order valence-corrected chi connectivity index (χ2v) is 3.83. The van der Waals surface area contributed by atoms with Crippen LogP contribution in [0, 0.1) is 6.92 Å². The molecule has 0 fully saturated rings. The fourth-order valence-electron chi connectivity index (χ4n) is 1.50. The average Bonchev–Trinajstić information content (AvgIpc) is 2.33. The lowest BCUT2D eigenvalue weighted by Gasteiger charge is -2.09. The van der Waals surface area contributed by atoms with Gasteiger partial charge in [-0.1, -0.05) is 29.8 Å². The van der Waals surface area contributed by atoms with Gasteiger partial charge in [0.1, 0.15) is 0 Å². The van der Waals surface area contributed by atoms with Crippen molar-refractivity contribution < 1.29 is 5.11 Å². The van der Waals surface area contributed by atoms with E-state index in [0.717, 1.165) is 12.5 Å². The van der Waals surface area contributed by atoms with Crippen LogP contribution in [-0.4, -0.2) is 30.8 Å². The van der Waals surface area contributed by atoms with E-state index in [0.29, 0.717) is 13.1 Å². The Labute approximate surface area is 126 Å². The Morgan fingerprint density at radius 2 is 2.11 bits per heavy atom. The van der Waals surface area contributed by atoms with Crippen LogP contribution in [0.5, 0.6) is 0 Å². The first-order valence-corrected chi connectivity index (χ1v) is 5.95. The van der Waals surface area contributed by atoms with Gasteiger partial charge in [0.05, 0.1) is 13.2 Å². The fraction of sp³-hybridized carbons (Fsp3) is 0.462. The average molecular weight is 363 g/mol. The second kappa shape index (κ2) is 10.1. The number of hydrogen-bond donors (Lipinski definition) is 3. The lowest BCUT2D eigenvalue weighted by molar-refractivity contribution is 0.300. The number of halogens is 1. The lowest BCUT2D eigenvalue weighted by Crippen LogP contribution is -2.38. The molecule has 1 aromatic carbocycles. The van der Waals surface area contributed by atoms with Gasteiger partial charge in [-0.2, -0.15) is 0 Å². The van der Waals surface area contributed by atoms with E-state index in [4.69, 9.17) is 5.11 Å². The zero-order valence-electron chi connectivity index (χ0n) is 10.9. The Bertz CT molecular complexity index is 369. The molecule has 0 spiro atoms. The molecule has 102 valence electrons. The standard InChI is InChI=1S/C13H21N3O.HI/c1-3-14-13(15-7-8-17)16-10-12-6-4-5-11(2)9-12;/h4-6,9,17H,3,7-8,10H2,1-2H3,(H2,14,15,16);1H. The van der Waals surface area contributed by atoms with Gasteiger partial charge in [-0.3, -0.25) is 0 Å². The highest BCUT2D eigenvalue weighted by atomic mass is 127. The van der Waals surface area contributed by atoms with Gasteiger partial charge >= 0.3 is 0 Å². The first-order valence-electron chi connectivity index (χ1n) is 5.95. The van der Waals surface area contributed by atoms with Gasteiger partial charge in [0, 0.05) is 13.1 Å². The van der Waals surface area contributed by atoms with E-state index in [9.17, 15) is 0 Å². The van der Waals surface area contributed by atoms with Crippen molar-refractivity contribution >= 4 is 29.9 Å². The van der Waals surface area contributed by atoms with Crippen LogP contribution in [0.4, 0.5) is 0 Å². The predicted octanol–water partition coefficient (Wildman–Crippen LogP) is 1.66. The minimum absolute atomic E-state index is 0. The summed E-state index contributed by atoms with van der Waals surface area (Å²) in [5, 5.41) is 14.9. The SMILES string of the molecule is CCNC(=NCc1cccc(C)c1)NCCO.I. The summed E-state index contributed by atoms with van der Waals surface area (Å²) in [6, 6.07) is 8.29. The molecule has 1 aromatic rings. The van der Waals surface area contributed by atoms with E-state index >= 15 is 0 Å². The zero-order valence-corrected chi connectivity index (χ0v) is 13.3. The number of guanidine groups is 1. The molecule has 0 bridgehead atoms. The van der Waals surface area contributed by atoms with E-state index < -0.39 is 0 Å². The van der Waals surface area contributed by atoms with Crippen molar-refractivity contribution in [2.75, 3.05) is 19.7 Å². The maximum atomic E-state index is 8.76. The Balaban J connectivity index is 0.00000289. The van der Waals surface area contributed by atoms with Crippen molar-refractivity contribution in [3.63, 3.8) is 0 Å². The molecule has 0 unspecified atom stereocenters. The number of aryl methyl sites for hydroxylation is 1. The number of benzene rings is 1. The molecule has 0 saturated heterocycles. The molecule has 0 atom stereocenters. The third-order valence-electron chi connectivity index (χ3n) is 2.25. The van der Waals surface area contributed by atoms with E-state index in [1.165, 1.54) is 11.1 Å². The number of hydrogen-bond acceptors (Lipinski definition) is 2. The summed E-state index contributed by atoms with van der Waals surface area (Å²) in [7, 11) is 0. The van der Waals surface area contributed by atoms with Crippen molar-refractivity contribution in [3.05, 3.63) is 35.4 Å². The van der Waals surface area contributed by atoms with Crippen molar-refractivity contribution in [1.82, 2.24) is 10.6 Å². The molecule has 1 rings (SSSR count). The van der Waals surface area contributed by atoms with E-state index in [1.54, 1.807) is 0 Å². The molecule has 0 radical (unpaired) electrons. The van der Waals surface area contributed by atoms with E-state index in [2.05, 4.69) is 40.7 Å². The topological polar surface area (TPSA) is 56.7 Å². The summed E-state index contributed by atoms with van der Waals surface area (Å²) in [6.45, 7) is 6.16. The molecule has 0 saturated carbocycles. The molecular formula is C13H22IN3O. The van der Waals surface area contributed by atoms with E-state index in [1.807, 2.05) is 13.0 Å². The number of aliphatic imine (C=N–C) groups is 1. The first-order chi connectivity index (χ1) is 8.26. The monoisotopic (exact) mass is 363 g/mol. The Morgan fingerprint density at radius 1 is 1.33 bits per heavy atom. The maximum absolute atomic E-state index is 8.76. The molecule has 5 heteroatoms. The molecule has 3 N–H and O–H groups in total. The minimum atomic E-state index is 0. The number of rotatable bonds is 5. The van der Waals surface area contributed by atoms with Crippen LogP contribution >= 0.6 is 24.0 Å². The lowest BCUT2D eigenvalue weighted by atomic mass is 10.1. The highest BCUT2D eigenvalue weighted by Gasteiger charge is 1.96. The Hall–Kier alpha value is -0.820. The minimum Gasteiger partial charge on any atom is -0.395 e. The van der Waals surface area contributed by atoms with Crippen molar-refractivity contribution in [2.24, 2.45) is 4.99 Å². The molecule has 0 aliphatic heterocycles. The van der Waals surface area contributed by atoms with Gasteiger partial charge in [-0.15, -0.1) is 24.0 Å². The normalized spacial score (nSPS) is 10.7. The van der Waals surface area contributed by atoms with Gasteiger partial charge < -0.3 is 15.7 Å². The Morgan fingerprint density at radius 3 is 2.72 bits per heavy atom. The summed E-state index contributed by atoms with van der Waals surface area (Å²) < 4.78 is 0. The zero-order chi connectivity index (χ0) is 12.5. The number of nitrogens with one attached hydrogen (secondary N) is 2. The summed E-state index contributed by atoms with van der Waals surface area (Å²) in [4.78, 5) is 4.45.